The van der Waals surface area contributed by atoms with Crippen molar-refractivity contribution in [1.82, 2.24) is 0 Å². The third-order valence-corrected chi connectivity index (χ3v) is 8.62. The van der Waals surface area contributed by atoms with E-state index in [0.717, 1.165) is 5.69 Å². The van der Waals surface area contributed by atoms with Crippen LogP contribution in [0.3, 0.4) is 0 Å². The van der Waals surface area contributed by atoms with Crippen molar-refractivity contribution in [3.05, 3.63) is 54.1 Å². The van der Waals surface area contributed by atoms with E-state index in [1.54, 1.807) is 0 Å². The van der Waals surface area contributed by atoms with Gasteiger partial charge >= 0.3 is 108 Å². The number of aryl methyl sites for hydroxylation is 1. The Labute approximate surface area is 108 Å². The molecule has 2 heteroatoms. The first-order valence-electron chi connectivity index (χ1n) is 5.91. The molecule has 0 saturated heterocycles. The third kappa shape index (κ3) is 2.56. The van der Waals surface area contributed by atoms with Gasteiger partial charge in [0.1, 0.15) is 0 Å². The van der Waals surface area contributed by atoms with E-state index >= 15 is 0 Å². The first-order chi connectivity index (χ1) is 8.24. The quantitative estimate of drug-likeness (QED) is 0.680. The van der Waals surface area contributed by atoms with Gasteiger partial charge in [0.05, 0.1) is 0 Å². The maximum atomic E-state index is 6.12. The van der Waals surface area contributed by atoms with Crippen LogP contribution in [-0.4, -0.2) is 14.7 Å². The fraction of sp³-hybridized carbons (Fsp3) is 0.200. The van der Waals surface area contributed by atoms with Gasteiger partial charge in [0, 0.05) is 0 Å². The molecular formula is C15H18AsN. The van der Waals surface area contributed by atoms with Gasteiger partial charge < -0.3 is 0 Å². The first kappa shape index (κ1) is 12.3. The number of para-hydroxylation sites is 1. The fourth-order valence-electron chi connectivity index (χ4n) is 2.07. The van der Waals surface area contributed by atoms with E-state index in [1.165, 1.54) is 19.5 Å². The van der Waals surface area contributed by atoms with Crippen LogP contribution >= 0.6 is 0 Å². The van der Waals surface area contributed by atoms with E-state index in [2.05, 4.69) is 50.2 Å². The van der Waals surface area contributed by atoms with Crippen molar-refractivity contribution in [2.45, 2.75) is 19.1 Å². The van der Waals surface area contributed by atoms with Crippen LogP contribution in [0.15, 0.2) is 48.5 Å². The number of nitrogens with two attached hydrogens (primary N) is 1. The molecule has 1 nitrogen and oxygen atoms in total. The predicted molar refractivity (Wildman–Crippen MR) is 77.5 cm³/mol. The summed E-state index contributed by atoms with van der Waals surface area (Å²) >= 11 is -1.21. The van der Waals surface area contributed by atoms with Gasteiger partial charge in [-0.25, -0.2) is 0 Å². The summed E-state index contributed by atoms with van der Waals surface area (Å²) in [5.74, 6) is 0. The number of rotatable bonds is 3. The molecule has 1 unspecified atom stereocenters. The summed E-state index contributed by atoms with van der Waals surface area (Å²) < 4.78 is 2.91. The Bertz CT molecular complexity index is 462. The van der Waals surface area contributed by atoms with Crippen molar-refractivity contribution in [2.75, 3.05) is 5.73 Å². The second-order valence-electron chi connectivity index (χ2n) is 4.09. The Hall–Kier alpha value is -1.20. The molecule has 0 aliphatic heterocycles. The molecule has 1 atom stereocenters. The zero-order valence-electron chi connectivity index (χ0n) is 10.4. The zero-order valence-corrected chi connectivity index (χ0v) is 12.2. The molecule has 0 heterocycles. The van der Waals surface area contributed by atoms with Gasteiger partial charge in [-0.2, -0.15) is 0 Å². The molecule has 0 aromatic heterocycles. The molecule has 0 saturated carbocycles. The molecule has 2 rings (SSSR count). The Morgan fingerprint density at radius 1 is 0.941 bits per heavy atom. The topological polar surface area (TPSA) is 26.0 Å². The summed E-state index contributed by atoms with van der Waals surface area (Å²) in [7, 11) is 0. The van der Waals surface area contributed by atoms with E-state index in [-0.39, 0.29) is 0 Å². The summed E-state index contributed by atoms with van der Waals surface area (Å²) in [5, 5.41) is 1.21. The van der Waals surface area contributed by atoms with E-state index in [1.807, 2.05) is 12.1 Å². The van der Waals surface area contributed by atoms with E-state index in [0.29, 0.717) is 0 Å². The standard InChI is InChI=1S/C15H18AsN/c1-3-16(13-9-5-4-8-12(13)2)14-10-6-7-11-15(14)17/h4-11H,3,17H2,1-2H3. The van der Waals surface area contributed by atoms with E-state index in [9.17, 15) is 0 Å². The van der Waals surface area contributed by atoms with Crippen molar-refractivity contribution in [3.8, 4) is 0 Å². The van der Waals surface area contributed by atoms with E-state index in [4.69, 9.17) is 5.73 Å². The van der Waals surface area contributed by atoms with Gasteiger partial charge in [-0.3, -0.25) is 0 Å². The fourth-order valence-corrected chi connectivity index (χ4v) is 7.02. The molecule has 0 spiro atoms. The monoisotopic (exact) mass is 287 g/mol. The zero-order chi connectivity index (χ0) is 12.3. The first-order valence-corrected chi connectivity index (χ1v) is 9.12. The van der Waals surface area contributed by atoms with Gasteiger partial charge in [0.25, 0.3) is 0 Å². The van der Waals surface area contributed by atoms with Crippen molar-refractivity contribution < 1.29 is 0 Å². The normalized spacial score (nSPS) is 12.4. The number of hydrogen-bond acceptors (Lipinski definition) is 1. The molecule has 0 aliphatic rings. The summed E-state index contributed by atoms with van der Waals surface area (Å²) in [4.78, 5) is 0. The van der Waals surface area contributed by atoms with Crippen molar-refractivity contribution in [1.29, 1.82) is 0 Å². The van der Waals surface area contributed by atoms with Crippen molar-refractivity contribution in [2.24, 2.45) is 0 Å². The Morgan fingerprint density at radius 2 is 1.53 bits per heavy atom. The van der Waals surface area contributed by atoms with Gasteiger partial charge in [0.15, 0.2) is 0 Å². The van der Waals surface area contributed by atoms with Gasteiger partial charge in [-0.05, 0) is 0 Å². The minimum atomic E-state index is -1.21. The molecule has 2 aromatic rings. The van der Waals surface area contributed by atoms with Gasteiger partial charge in [0.2, 0.25) is 0 Å². The maximum absolute atomic E-state index is 6.12. The number of hydrogen-bond donors (Lipinski definition) is 1. The van der Waals surface area contributed by atoms with Crippen LogP contribution < -0.4 is 14.4 Å². The average Bonchev–Trinajstić information content (AvgIpc) is 2.34. The SMILES string of the molecule is CC[As](c1ccccc1C)c1ccccc1N. The summed E-state index contributed by atoms with van der Waals surface area (Å²) in [6, 6.07) is 17.0. The van der Waals surface area contributed by atoms with Crippen molar-refractivity contribution in [3.63, 3.8) is 0 Å². The molecule has 0 amide bonds. The number of anilines is 1. The average molecular weight is 287 g/mol. The third-order valence-electron chi connectivity index (χ3n) is 2.95. The Balaban J connectivity index is 2.48. The predicted octanol–water partition coefficient (Wildman–Crippen LogP) is 2.21. The van der Waals surface area contributed by atoms with Crippen LogP contribution in [0.25, 0.3) is 0 Å². The van der Waals surface area contributed by atoms with Gasteiger partial charge in [-0.15, -0.1) is 0 Å². The molecule has 2 aromatic carbocycles. The number of benzene rings is 2. The van der Waals surface area contributed by atoms with Crippen LogP contribution in [0.1, 0.15) is 12.5 Å². The second-order valence-corrected chi connectivity index (χ2v) is 9.23. The molecule has 0 radical (unpaired) electrons. The van der Waals surface area contributed by atoms with Crippen LogP contribution in [0.5, 0.6) is 0 Å². The van der Waals surface area contributed by atoms with E-state index < -0.39 is 14.7 Å². The van der Waals surface area contributed by atoms with Crippen LogP contribution in [0.2, 0.25) is 5.21 Å². The molecule has 88 valence electrons. The second kappa shape index (κ2) is 5.42. The Kier molecular flexibility index (Phi) is 3.91. The van der Waals surface area contributed by atoms with Gasteiger partial charge in [-0.1, -0.05) is 0 Å². The minimum absolute atomic E-state index is 0.956. The summed E-state index contributed by atoms with van der Waals surface area (Å²) in [5.41, 5.74) is 8.48. The van der Waals surface area contributed by atoms with Crippen LogP contribution in [-0.2, 0) is 0 Å². The summed E-state index contributed by atoms with van der Waals surface area (Å²) in [6.07, 6.45) is 0. The molecule has 0 aliphatic carbocycles. The van der Waals surface area contributed by atoms with Crippen LogP contribution in [0, 0.1) is 6.92 Å². The van der Waals surface area contributed by atoms with Crippen molar-refractivity contribution >= 4 is 29.0 Å². The Morgan fingerprint density at radius 3 is 2.12 bits per heavy atom. The molecular weight excluding hydrogens is 269 g/mol. The van der Waals surface area contributed by atoms with Crippen LogP contribution in [0.4, 0.5) is 5.69 Å². The summed E-state index contributed by atoms with van der Waals surface area (Å²) in [6.45, 7) is 4.48. The molecule has 17 heavy (non-hydrogen) atoms. The number of nitrogen functional groups attached to an aromatic ring is 1. The molecule has 2 N–H and O–H groups in total. The molecule has 0 fully saturated rings. The molecule has 0 bridgehead atoms.